The van der Waals surface area contributed by atoms with Crippen LogP contribution in [0.4, 0.5) is 0 Å². The van der Waals surface area contributed by atoms with Gasteiger partial charge in [-0.3, -0.25) is 4.98 Å². The van der Waals surface area contributed by atoms with E-state index in [-0.39, 0.29) is 0 Å². The predicted molar refractivity (Wildman–Crippen MR) is 155 cm³/mol. The van der Waals surface area contributed by atoms with Crippen molar-refractivity contribution in [3.8, 4) is 39.7 Å². The van der Waals surface area contributed by atoms with Crippen molar-refractivity contribution in [1.29, 1.82) is 0 Å². The molecule has 0 aliphatic heterocycles. The molecule has 0 fully saturated rings. The lowest BCUT2D eigenvalue weighted by atomic mass is 10.0. The molecule has 5 heteroatoms. The van der Waals surface area contributed by atoms with Crippen LogP contribution in [-0.2, 0) is 0 Å². The van der Waals surface area contributed by atoms with Gasteiger partial charge in [0.1, 0.15) is 11.3 Å². The van der Waals surface area contributed by atoms with E-state index in [0.29, 0.717) is 5.89 Å². The Morgan fingerprint density at radius 3 is 2.44 bits per heavy atom. The fourth-order valence-corrected chi connectivity index (χ4v) is 5.46. The van der Waals surface area contributed by atoms with Crippen molar-refractivity contribution in [2.45, 2.75) is 0 Å². The molecular formula is C34H21N3O2. The van der Waals surface area contributed by atoms with Crippen molar-refractivity contribution in [1.82, 2.24) is 14.5 Å². The van der Waals surface area contributed by atoms with Crippen molar-refractivity contribution in [3.63, 3.8) is 0 Å². The first-order chi connectivity index (χ1) is 19.3. The molecule has 5 nitrogen and oxygen atoms in total. The average Bonchev–Trinajstić information content (AvgIpc) is 3.75. The molecule has 0 N–H and O–H groups in total. The van der Waals surface area contributed by atoms with Crippen LogP contribution in [0.1, 0.15) is 0 Å². The van der Waals surface area contributed by atoms with Crippen LogP contribution in [0.15, 0.2) is 137 Å². The fraction of sp³-hybridized carbons (Fsp3) is 0. The van der Waals surface area contributed by atoms with Crippen LogP contribution in [0.3, 0.4) is 0 Å². The standard InChI is InChI=1S/C34H21N3O2/c1-3-14-29-25(11-1)33-26(31-16-8-18-38-31)20-23(34-36-28-13-2-4-15-32(28)39-34)21-30(33)37(29)24-10-7-9-22(19-24)27-12-5-6-17-35-27/h1-21H. The summed E-state index contributed by atoms with van der Waals surface area (Å²) in [5, 5.41) is 2.26. The molecule has 0 amide bonds. The SMILES string of the molecule is c1ccc(-c2cccc(-n3c4ccccc4c4c(-c5ccco5)cc(-c5nc6ccccc6o5)cc43)c2)nc1. The maximum atomic E-state index is 6.21. The highest BCUT2D eigenvalue weighted by Gasteiger charge is 2.21. The van der Waals surface area contributed by atoms with Crippen molar-refractivity contribution < 1.29 is 8.83 Å². The minimum absolute atomic E-state index is 0.574. The fourth-order valence-electron chi connectivity index (χ4n) is 5.46. The number of furan rings is 1. The van der Waals surface area contributed by atoms with Crippen LogP contribution < -0.4 is 0 Å². The summed E-state index contributed by atoms with van der Waals surface area (Å²) < 4.78 is 14.5. The van der Waals surface area contributed by atoms with Gasteiger partial charge >= 0.3 is 0 Å². The zero-order valence-electron chi connectivity index (χ0n) is 20.8. The highest BCUT2D eigenvalue weighted by molar-refractivity contribution is 6.16. The Morgan fingerprint density at radius 2 is 1.56 bits per heavy atom. The molecule has 8 aromatic rings. The van der Waals surface area contributed by atoms with Crippen LogP contribution in [0.2, 0.25) is 0 Å². The number of nitrogens with zero attached hydrogens (tertiary/aromatic N) is 3. The molecule has 8 rings (SSSR count). The second kappa shape index (κ2) is 8.57. The van der Waals surface area contributed by atoms with Crippen LogP contribution in [-0.4, -0.2) is 14.5 Å². The number of pyridine rings is 1. The third kappa shape index (κ3) is 3.48. The van der Waals surface area contributed by atoms with Gasteiger partial charge in [-0.25, -0.2) is 4.98 Å². The van der Waals surface area contributed by atoms with Gasteiger partial charge in [0.05, 0.1) is 23.0 Å². The molecule has 4 aromatic carbocycles. The van der Waals surface area contributed by atoms with E-state index in [4.69, 9.17) is 13.8 Å². The second-order valence-corrected chi connectivity index (χ2v) is 9.50. The molecule has 0 aliphatic carbocycles. The third-order valence-electron chi connectivity index (χ3n) is 7.17. The number of hydrogen-bond donors (Lipinski definition) is 0. The Labute approximate surface area is 223 Å². The second-order valence-electron chi connectivity index (χ2n) is 9.50. The van der Waals surface area contributed by atoms with Gasteiger partial charge in [-0.1, -0.05) is 48.5 Å². The van der Waals surface area contributed by atoms with Crippen LogP contribution in [0.5, 0.6) is 0 Å². The largest absolute Gasteiger partial charge is 0.464 e. The minimum atomic E-state index is 0.574. The number of hydrogen-bond acceptors (Lipinski definition) is 4. The lowest BCUT2D eigenvalue weighted by Gasteiger charge is -2.11. The lowest BCUT2D eigenvalue weighted by Crippen LogP contribution is -1.95. The number of benzene rings is 4. The number of oxazole rings is 1. The summed E-state index contributed by atoms with van der Waals surface area (Å²) in [5.41, 5.74) is 8.65. The van der Waals surface area contributed by atoms with Crippen molar-refractivity contribution in [2.24, 2.45) is 0 Å². The normalized spacial score (nSPS) is 11.6. The number of para-hydroxylation sites is 3. The Morgan fingerprint density at radius 1 is 0.667 bits per heavy atom. The number of rotatable bonds is 4. The maximum Gasteiger partial charge on any atom is 0.227 e. The van der Waals surface area contributed by atoms with Crippen molar-refractivity contribution in [2.75, 3.05) is 0 Å². The van der Waals surface area contributed by atoms with E-state index in [1.54, 1.807) is 6.26 Å². The quantitative estimate of drug-likeness (QED) is 0.241. The molecule has 0 unspecified atom stereocenters. The summed E-state index contributed by atoms with van der Waals surface area (Å²) in [5.74, 6) is 1.37. The first-order valence-corrected chi connectivity index (χ1v) is 12.8. The summed E-state index contributed by atoms with van der Waals surface area (Å²) >= 11 is 0. The Balaban J connectivity index is 1.46. The smallest absolute Gasteiger partial charge is 0.227 e. The van der Waals surface area contributed by atoms with E-state index < -0.39 is 0 Å². The zero-order chi connectivity index (χ0) is 25.8. The molecule has 0 saturated carbocycles. The first kappa shape index (κ1) is 21.6. The monoisotopic (exact) mass is 503 g/mol. The molecule has 4 heterocycles. The topological polar surface area (TPSA) is 57.0 Å². The summed E-state index contributed by atoms with van der Waals surface area (Å²) in [6, 6.07) is 39.0. The van der Waals surface area contributed by atoms with E-state index in [0.717, 1.165) is 66.7 Å². The van der Waals surface area contributed by atoms with Crippen molar-refractivity contribution in [3.05, 3.63) is 128 Å². The van der Waals surface area contributed by atoms with Gasteiger partial charge in [0.2, 0.25) is 5.89 Å². The average molecular weight is 504 g/mol. The van der Waals surface area contributed by atoms with E-state index in [1.807, 2.05) is 60.8 Å². The van der Waals surface area contributed by atoms with Gasteiger partial charge in [-0.15, -0.1) is 0 Å². The van der Waals surface area contributed by atoms with Crippen LogP contribution >= 0.6 is 0 Å². The summed E-state index contributed by atoms with van der Waals surface area (Å²) in [4.78, 5) is 9.38. The first-order valence-electron chi connectivity index (χ1n) is 12.8. The molecule has 4 aromatic heterocycles. The molecule has 0 radical (unpaired) electrons. The number of aromatic nitrogens is 3. The number of fused-ring (bicyclic) bond motifs is 4. The van der Waals surface area contributed by atoms with Crippen LogP contribution in [0.25, 0.3) is 72.6 Å². The zero-order valence-corrected chi connectivity index (χ0v) is 20.8. The molecule has 0 bridgehead atoms. The van der Waals surface area contributed by atoms with Crippen molar-refractivity contribution >= 4 is 32.9 Å². The van der Waals surface area contributed by atoms with Gasteiger partial charge < -0.3 is 13.4 Å². The Kier molecular flexibility index (Phi) is 4.76. The Bertz CT molecular complexity index is 2090. The van der Waals surface area contributed by atoms with Gasteiger partial charge in [0, 0.05) is 39.3 Å². The van der Waals surface area contributed by atoms with Gasteiger partial charge in [0.25, 0.3) is 0 Å². The Hall–Kier alpha value is -5.42. The highest BCUT2D eigenvalue weighted by atomic mass is 16.3. The summed E-state index contributed by atoms with van der Waals surface area (Å²) in [7, 11) is 0. The minimum Gasteiger partial charge on any atom is -0.464 e. The summed E-state index contributed by atoms with van der Waals surface area (Å²) in [6.07, 6.45) is 3.54. The molecule has 0 saturated heterocycles. The lowest BCUT2D eigenvalue weighted by molar-refractivity contribution is 0.583. The van der Waals surface area contributed by atoms with Crippen LogP contribution in [0, 0.1) is 0 Å². The molecule has 0 spiro atoms. The molecule has 39 heavy (non-hydrogen) atoms. The van der Waals surface area contributed by atoms with Gasteiger partial charge in [-0.05, 0) is 66.7 Å². The van der Waals surface area contributed by atoms with Gasteiger partial charge in [-0.2, -0.15) is 0 Å². The van der Waals surface area contributed by atoms with E-state index in [9.17, 15) is 0 Å². The highest BCUT2D eigenvalue weighted by Crippen LogP contribution is 2.42. The predicted octanol–water partition coefficient (Wildman–Crippen LogP) is 8.91. The van der Waals surface area contributed by atoms with E-state index in [1.165, 1.54) is 0 Å². The molecular weight excluding hydrogens is 482 g/mol. The van der Waals surface area contributed by atoms with E-state index in [2.05, 4.69) is 70.2 Å². The molecule has 184 valence electrons. The maximum absolute atomic E-state index is 6.21. The molecule has 0 aliphatic rings. The van der Waals surface area contributed by atoms with Gasteiger partial charge in [0.15, 0.2) is 5.58 Å². The molecule has 0 atom stereocenters. The third-order valence-corrected chi connectivity index (χ3v) is 7.17. The summed E-state index contributed by atoms with van der Waals surface area (Å²) in [6.45, 7) is 0. The van der Waals surface area contributed by atoms with E-state index >= 15 is 0 Å².